The summed E-state index contributed by atoms with van der Waals surface area (Å²) in [5.74, 6) is 1.35. The zero-order chi connectivity index (χ0) is 22.5. The van der Waals surface area contributed by atoms with Crippen LogP contribution >= 0.6 is 0 Å². The number of likely N-dealkylation sites (tertiary alicyclic amines) is 1. The maximum absolute atomic E-state index is 13.0. The van der Waals surface area contributed by atoms with Crippen LogP contribution in [0, 0.1) is 0 Å². The highest BCUT2D eigenvalue weighted by atomic mass is 16.4. The van der Waals surface area contributed by atoms with Gasteiger partial charge in [0.1, 0.15) is 0 Å². The van der Waals surface area contributed by atoms with E-state index in [9.17, 15) is 4.79 Å². The summed E-state index contributed by atoms with van der Waals surface area (Å²) < 4.78 is 7.78. The van der Waals surface area contributed by atoms with Crippen molar-refractivity contribution in [1.82, 2.24) is 29.9 Å². The summed E-state index contributed by atoms with van der Waals surface area (Å²) in [6.07, 6.45) is 12.5. The molecule has 5 rings (SSSR count). The molecule has 4 heterocycles. The Morgan fingerprint density at radius 2 is 1.97 bits per heavy atom. The maximum Gasteiger partial charge on any atom is 0.223 e. The van der Waals surface area contributed by atoms with Gasteiger partial charge in [-0.05, 0) is 49.8 Å². The molecule has 1 fully saturated rings. The third-order valence-corrected chi connectivity index (χ3v) is 6.54. The predicted molar refractivity (Wildman–Crippen MR) is 125 cm³/mol. The van der Waals surface area contributed by atoms with Crippen LogP contribution in [0.25, 0.3) is 10.9 Å². The molecule has 8 heteroatoms. The number of aromatic nitrogens is 5. The topological polar surface area (TPSA) is 92.8 Å². The minimum atomic E-state index is 0.179. The maximum atomic E-state index is 13.0. The molecule has 4 aromatic rings. The molecular weight excluding hydrogens is 416 g/mol. The van der Waals surface area contributed by atoms with Gasteiger partial charge in [0.2, 0.25) is 17.7 Å². The first-order valence-corrected chi connectivity index (χ1v) is 11.9. The lowest BCUT2D eigenvalue weighted by molar-refractivity contribution is -0.135. The highest BCUT2D eigenvalue weighted by Crippen LogP contribution is 2.22. The van der Waals surface area contributed by atoms with Gasteiger partial charge in [-0.25, -0.2) is 0 Å². The second kappa shape index (κ2) is 10.0. The van der Waals surface area contributed by atoms with Crippen molar-refractivity contribution in [3.63, 3.8) is 0 Å². The van der Waals surface area contributed by atoms with Gasteiger partial charge in [-0.2, -0.15) is 5.10 Å². The molecule has 0 unspecified atom stereocenters. The second-order valence-corrected chi connectivity index (χ2v) is 8.74. The average molecular weight is 447 g/mol. The summed E-state index contributed by atoms with van der Waals surface area (Å²) in [6, 6.07) is 10.5. The zero-order valence-corrected chi connectivity index (χ0v) is 18.8. The van der Waals surface area contributed by atoms with Crippen LogP contribution in [-0.2, 0) is 30.6 Å². The van der Waals surface area contributed by atoms with Gasteiger partial charge in [0.15, 0.2) is 0 Å². The van der Waals surface area contributed by atoms with Crippen LogP contribution in [0.1, 0.15) is 49.4 Å². The van der Waals surface area contributed by atoms with Crippen molar-refractivity contribution in [2.45, 2.75) is 64.0 Å². The number of nitrogens with one attached hydrogen (secondary N) is 1. The molecule has 1 aromatic carbocycles. The number of piperidine rings is 1. The van der Waals surface area contributed by atoms with E-state index in [2.05, 4.69) is 37.3 Å². The second-order valence-electron chi connectivity index (χ2n) is 8.74. The minimum Gasteiger partial charge on any atom is -0.425 e. The van der Waals surface area contributed by atoms with E-state index in [-0.39, 0.29) is 11.9 Å². The number of carbonyl (C=O) groups is 1. The number of rotatable bonds is 9. The largest absolute Gasteiger partial charge is 0.425 e. The minimum absolute atomic E-state index is 0.179. The fraction of sp³-hybridized carbons (Fsp3) is 0.440. The molecular formula is C25H30N6O2. The van der Waals surface area contributed by atoms with Gasteiger partial charge in [-0.1, -0.05) is 18.2 Å². The van der Waals surface area contributed by atoms with Gasteiger partial charge in [-0.3, -0.25) is 9.48 Å². The highest BCUT2D eigenvalue weighted by Gasteiger charge is 2.26. The van der Waals surface area contributed by atoms with Crippen molar-refractivity contribution in [3.05, 3.63) is 66.3 Å². The number of hydrogen-bond acceptors (Lipinski definition) is 5. The number of hydrogen-bond donors (Lipinski definition) is 1. The lowest BCUT2D eigenvalue weighted by atomic mass is 9.98. The van der Waals surface area contributed by atoms with Crippen LogP contribution in [0.3, 0.4) is 0 Å². The summed E-state index contributed by atoms with van der Waals surface area (Å²) in [5.41, 5.74) is 2.38. The van der Waals surface area contributed by atoms with Crippen LogP contribution in [0.2, 0.25) is 0 Å². The number of aromatic amines is 1. The van der Waals surface area contributed by atoms with Crippen molar-refractivity contribution in [2.75, 3.05) is 6.54 Å². The number of para-hydroxylation sites is 1. The number of nitrogens with zero attached hydrogens (tertiary/aromatic N) is 5. The van der Waals surface area contributed by atoms with E-state index in [0.29, 0.717) is 31.0 Å². The Kier molecular flexibility index (Phi) is 6.51. The molecule has 1 N–H and O–H groups in total. The number of aryl methyl sites for hydroxylation is 4. The number of carbonyl (C=O) groups excluding carboxylic acids is 1. The molecule has 0 spiro atoms. The smallest absolute Gasteiger partial charge is 0.223 e. The van der Waals surface area contributed by atoms with Crippen LogP contribution < -0.4 is 0 Å². The van der Waals surface area contributed by atoms with E-state index in [0.717, 1.165) is 44.3 Å². The molecule has 3 aromatic heterocycles. The van der Waals surface area contributed by atoms with E-state index >= 15 is 0 Å². The number of fused-ring (bicyclic) bond motifs is 1. The van der Waals surface area contributed by atoms with Crippen LogP contribution in [-0.4, -0.2) is 48.4 Å². The molecule has 1 aliphatic heterocycles. The summed E-state index contributed by atoms with van der Waals surface area (Å²) in [7, 11) is 0. The van der Waals surface area contributed by atoms with E-state index in [1.54, 1.807) is 6.20 Å². The average Bonchev–Trinajstić information content (AvgIpc) is 3.61. The molecule has 1 saturated heterocycles. The van der Waals surface area contributed by atoms with E-state index in [1.807, 2.05) is 35.3 Å². The Hall–Kier alpha value is -3.42. The van der Waals surface area contributed by atoms with Crippen molar-refractivity contribution < 1.29 is 9.21 Å². The molecule has 1 amide bonds. The Labute approximate surface area is 193 Å². The molecule has 0 saturated carbocycles. The zero-order valence-electron chi connectivity index (χ0n) is 18.8. The molecule has 1 atom stereocenters. The predicted octanol–water partition coefficient (Wildman–Crippen LogP) is 3.94. The van der Waals surface area contributed by atoms with Crippen LogP contribution in [0.5, 0.6) is 0 Å². The highest BCUT2D eigenvalue weighted by molar-refractivity contribution is 5.83. The first kappa shape index (κ1) is 21.4. The first-order valence-electron chi connectivity index (χ1n) is 11.9. The van der Waals surface area contributed by atoms with Crippen LogP contribution in [0.15, 0.2) is 53.3 Å². The third kappa shape index (κ3) is 5.16. The third-order valence-electron chi connectivity index (χ3n) is 6.54. The van der Waals surface area contributed by atoms with Gasteiger partial charge >= 0.3 is 0 Å². The van der Waals surface area contributed by atoms with E-state index in [4.69, 9.17) is 4.42 Å². The molecule has 1 aliphatic rings. The summed E-state index contributed by atoms with van der Waals surface area (Å²) >= 11 is 0. The lowest BCUT2D eigenvalue weighted by Gasteiger charge is -2.36. The first-order chi connectivity index (χ1) is 16.3. The van der Waals surface area contributed by atoms with E-state index < -0.39 is 0 Å². The van der Waals surface area contributed by atoms with Gasteiger partial charge in [0.05, 0.1) is 0 Å². The summed E-state index contributed by atoms with van der Waals surface area (Å²) in [6.45, 7) is 1.67. The molecule has 172 valence electrons. The van der Waals surface area contributed by atoms with Gasteiger partial charge in [0, 0.05) is 67.9 Å². The fourth-order valence-electron chi connectivity index (χ4n) is 4.77. The molecule has 0 bridgehead atoms. The van der Waals surface area contributed by atoms with E-state index in [1.165, 1.54) is 17.4 Å². The van der Waals surface area contributed by atoms with Crippen molar-refractivity contribution in [2.24, 2.45) is 0 Å². The van der Waals surface area contributed by atoms with Crippen molar-refractivity contribution >= 4 is 16.8 Å². The Morgan fingerprint density at radius 1 is 1.09 bits per heavy atom. The molecule has 0 radical (unpaired) electrons. The number of benzene rings is 1. The summed E-state index contributed by atoms with van der Waals surface area (Å²) in [4.78, 5) is 18.3. The Bertz CT molecular complexity index is 1180. The Balaban J connectivity index is 1.12. The normalized spacial score (nSPS) is 16.5. The van der Waals surface area contributed by atoms with Gasteiger partial charge < -0.3 is 14.3 Å². The quantitative estimate of drug-likeness (QED) is 0.420. The lowest BCUT2D eigenvalue weighted by Crippen LogP contribution is -2.44. The summed E-state index contributed by atoms with van der Waals surface area (Å²) in [5, 5.41) is 13.9. The van der Waals surface area contributed by atoms with Crippen LogP contribution in [0.4, 0.5) is 0 Å². The number of H-pyrrole nitrogens is 1. The monoisotopic (exact) mass is 446 g/mol. The van der Waals surface area contributed by atoms with Crippen molar-refractivity contribution in [3.8, 4) is 0 Å². The SMILES string of the molecule is O=C(CCc1nnc(CCc2c[nH]c3ccccc23)o1)N1CCCC[C@H]1CCn1cccn1. The standard InChI is InChI=1S/C25H30N6O2/c32-25(31-16-4-3-6-20(31)13-17-30-15-5-14-27-30)12-11-24-29-28-23(33-24)10-9-19-18-26-22-8-2-1-7-21(19)22/h1-2,5,7-8,14-15,18,20,26H,3-4,6,9-13,16-17H2/t20-/m0/s1. The number of amides is 1. The van der Waals surface area contributed by atoms with Crippen molar-refractivity contribution in [1.29, 1.82) is 0 Å². The molecule has 0 aliphatic carbocycles. The van der Waals surface area contributed by atoms with Gasteiger partial charge in [-0.15, -0.1) is 10.2 Å². The molecule has 33 heavy (non-hydrogen) atoms. The van der Waals surface area contributed by atoms with Gasteiger partial charge in [0.25, 0.3) is 0 Å². The fourth-order valence-corrected chi connectivity index (χ4v) is 4.77. The molecule has 8 nitrogen and oxygen atoms in total. The Morgan fingerprint density at radius 3 is 2.85 bits per heavy atom.